The van der Waals surface area contributed by atoms with Crippen LogP contribution >= 0.6 is 11.6 Å². The second kappa shape index (κ2) is 4.26. The molecule has 2 heterocycles. The fourth-order valence-corrected chi connectivity index (χ4v) is 2.04. The van der Waals surface area contributed by atoms with Gasteiger partial charge in [0.15, 0.2) is 0 Å². The molecule has 5 nitrogen and oxygen atoms in total. The highest BCUT2D eigenvalue weighted by Crippen LogP contribution is 2.17. The summed E-state index contributed by atoms with van der Waals surface area (Å²) in [5.74, 6) is 0. The standard InChI is InChI=1S/C13H7ClN4O/c14-12-4-2-9(7-16-12)18-11-5-8(6-15)1-3-10(11)17-13(18)19/h1-5,7H,(H,17,19). The molecule has 6 heteroatoms. The van der Waals surface area contributed by atoms with Crippen LogP contribution in [0.25, 0.3) is 16.7 Å². The Labute approximate surface area is 112 Å². The highest BCUT2D eigenvalue weighted by molar-refractivity contribution is 6.29. The van der Waals surface area contributed by atoms with Gasteiger partial charge in [-0.1, -0.05) is 11.6 Å². The van der Waals surface area contributed by atoms with Crippen LogP contribution in [0, 0.1) is 11.3 Å². The summed E-state index contributed by atoms with van der Waals surface area (Å²) in [5.41, 5.74) is 2.10. The molecule has 0 aliphatic rings. The van der Waals surface area contributed by atoms with Crippen LogP contribution in [0.2, 0.25) is 5.15 Å². The van der Waals surface area contributed by atoms with Crippen molar-refractivity contribution in [1.82, 2.24) is 14.5 Å². The summed E-state index contributed by atoms with van der Waals surface area (Å²) < 4.78 is 1.46. The van der Waals surface area contributed by atoms with Crippen LogP contribution in [0.4, 0.5) is 0 Å². The number of pyridine rings is 1. The summed E-state index contributed by atoms with van der Waals surface area (Å²) >= 11 is 5.73. The number of aromatic amines is 1. The lowest BCUT2D eigenvalue weighted by Gasteiger charge is -2.02. The Balaban J connectivity index is 2.34. The first-order chi connectivity index (χ1) is 9.19. The van der Waals surface area contributed by atoms with Gasteiger partial charge in [0.2, 0.25) is 0 Å². The van der Waals surface area contributed by atoms with Crippen molar-refractivity contribution >= 4 is 22.6 Å². The highest BCUT2D eigenvalue weighted by Gasteiger charge is 2.09. The van der Waals surface area contributed by atoms with E-state index in [9.17, 15) is 4.79 Å². The molecule has 3 aromatic rings. The van der Waals surface area contributed by atoms with Gasteiger partial charge in [0.1, 0.15) is 5.15 Å². The van der Waals surface area contributed by atoms with Gasteiger partial charge in [-0.15, -0.1) is 0 Å². The van der Waals surface area contributed by atoms with Crippen LogP contribution in [-0.2, 0) is 0 Å². The summed E-state index contributed by atoms with van der Waals surface area (Å²) in [7, 11) is 0. The van der Waals surface area contributed by atoms with Gasteiger partial charge in [-0.2, -0.15) is 5.26 Å². The van der Waals surface area contributed by atoms with E-state index in [1.54, 1.807) is 30.3 Å². The molecule has 92 valence electrons. The second-order valence-corrected chi connectivity index (χ2v) is 4.34. The summed E-state index contributed by atoms with van der Waals surface area (Å²) in [6.07, 6.45) is 1.51. The molecule has 2 aromatic heterocycles. The first kappa shape index (κ1) is 11.5. The maximum absolute atomic E-state index is 12.0. The van der Waals surface area contributed by atoms with Crippen LogP contribution in [0.1, 0.15) is 5.56 Å². The van der Waals surface area contributed by atoms with E-state index < -0.39 is 0 Å². The van der Waals surface area contributed by atoms with Crippen molar-refractivity contribution in [3.63, 3.8) is 0 Å². The zero-order valence-electron chi connectivity index (χ0n) is 9.59. The molecule has 19 heavy (non-hydrogen) atoms. The quantitative estimate of drug-likeness (QED) is 0.689. The molecule has 0 fully saturated rings. The van der Waals surface area contributed by atoms with Gasteiger partial charge in [0, 0.05) is 0 Å². The zero-order chi connectivity index (χ0) is 13.4. The topological polar surface area (TPSA) is 74.5 Å². The first-order valence-corrected chi connectivity index (χ1v) is 5.83. The summed E-state index contributed by atoms with van der Waals surface area (Å²) in [5, 5.41) is 9.28. The maximum Gasteiger partial charge on any atom is 0.331 e. The maximum atomic E-state index is 12.0. The lowest BCUT2D eigenvalue weighted by molar-refractivity contribution is 1.00. The third-order valence-electron chi connectivity index (χ3n) is 2.78. The molecule has 0 bridgehead atoms. The predicted octanol–water partition coefficient (Wildman–Crippen LogP) is 2.24. The Morgan fingerprint density at radius 1 is 1.32 bits per heavy atom. The molecule has 0 aliphatic heterocycles. The van der Waals surface area contributed by atoms with E-state index in [0.717, 1.165) is 0 Å². The van der Waals surface area contributed by atoms with Crippen molar-refractivity contribution in [3.05, 3.63) is 57.7 Å². The molecule has 0 saturated heterocycles. The number of hydrogen-bond acceptors (Lipinski definition) is 3. The number of nitriles is 1. The number of nitrogens with one attached hydrogen (secondary N) is 1. The van der Waals surface area contributed by atoms with Crippen LogP contribution in [0.15, 0.2) is 41.3 Å². The number of fused-ring (bicyclic) bond motifs is 1. The van der Waals surface area contributed by atoms with E-state index in [-0.39, 0.29) is 5.69 Å². The van der Waals surface area contributed by atoms with Gasteiger partial charge in [-0.05, 0) is 30.3 Å². The lowest BCUT2D eigenvalue weighted by atomic mass is 10.2. The van der Waals surface area contributed by atoms with Crippen LogP contribution in [0.5, 0.6) is 0 Å². The third kappa shape index (κ3) is 1.88. The van der Waals surface area contributed by atoms with E-state index >= 15 is 0 Å². The molecular weight excluding hydrogens is 264 g/mol. The Morgan fingerprint density at radius 2 is 2.16 bits per heavy atom. The average Bonchev–Trinajstić information content (AvgIpc) is 2.75. The van der Waals surface area contributed by atoms with Crippen LogP contribution in [0.3, 0.4) is 0 Å². The smallest absolute Gasteiger partial charge is 0.305 e. The number of rotatable bonds is 1. The minimum Gasteiger partial charge on any atom is -0.305 e. The zero-order valence-corrected chi connectivity index (χ0v) is 10.3. The number of halogens is 1. The monoisotopic (exact) mass is 270 g/mol. The Bertz CT molecular complexity index is 855. The molecule has 1 N–H and O–H groups in total. The van der Waals surface area contributed by atoms with Crippen LogP contribution in [-0.4, -0.2) is 14.5 Å². The molecule has 0 amide bonds. The lowest BCUT2D eigenvalue weighted by Crippen LogP contribution is -2.14. The van der Waals surface area contributed by atoms with Gasteiger partial charge in [-0.25, -0.2) is 9.78 Å². The number of nitrogens with zero attached hydrogens (tertiary/aromatic N) is 3. The highest BCUT2D eigenvalue weighted by atomic mass is 35.5. The number of H-pyrrole nitrogens is 1. The van der Waals surface area contributed by atoms with Crippen molar-refractivity contribution < 1.29 is 0 Å². The van der Waals surface area contributed by atoms with E-state index in [1.165, 1.54) is 10.8 Å². The van der Waals surface area contributed by atoms with Gasteiger partial charge in [0.25, 0.3) is 0 Å². The van der Waals surface area contributed by atoms with E-state index in [4.69, 9.17) is 16.9 Å². The first-order valence-electron chi connectivity index (χ1n) is 5.46. The molecule has 1 aromatic carbocycles. The molecule has 0 unspecified atom stereocenters. The number of benzene rings is 1. The summed E-state index contributed by atoms with van der Waals surface area (Å²) in [6.45, 7) is 0. The fourth-order valence-electron chi connectivity index (χ4n) is 1.93. The molecule has 0 saturated carbocycles. The summed E-state index contributed by atoms with van der Waals surface area (Å²) in [6, 6.07) is 10.4. The second-order valence-electron chi connectivity index (χ2n) is 3.95. The van der Waals surface area contributed by atoms with Gasteiger partial charge >= 0.3 is 5.69 Å². The normalized spacial score (nSPS) is 10.5. The van der Waals surface area contributed by atoms with Gasteiger partial charge in [-0.3, -0.25) is 4.57 Å². The van der Waals surface area contributed by atoms with E-state index in [1.807, 2.05) is 0 Å². The van der Waals surface area contributed by atoms with Crippen LogP contribution < -0.4 is 5.69 Å². The number of hydrogen-bond donors (Lipinski definition) is 1. The molecular formula is C13H7ClN4O. The van der Waals surface area contributed by atoms with E-state index in [0.29, 0.717) is 27.4 Å². The SMILES string of the molecule is N#Cc1ccc2[nH]c(=O)n(-c3ccc(Cl)nc3)c2c1. The molecule has 0 atom stereocenters. The summed E-state index contributed by atoms with van der Waals surface area (Å²) in [4.78, 5) is 18.7. The van der Waals surface area contributed by atoms with Gasteiger partial charge in [0.05, 0.1) is 34.6 Å². The third-order valence-corrected chi connectivity index (χ3v) is 3.01. The van der Waals surface area contributed by atoms with Crippen molar-refractivity contribution in [2.24, 2.45) is 0 Å². The number of imidazole rings is 1. The molecule has 0 radical (unpaired) electrons. The Kier molecular flexibility index (Phi) is 2.58. The Hall–Kier alpha value is -2.58. The predicted molar refractivity (Wildman–Crippen MR) is 71.4 cm³/mol. The molecule has 3 rings (SSSR count). The van der Waals surface area contributed by atoms with Crippen molar-refractivity contribution in [3.8, 4) is 11.8 Å². The fraction of sp³-hybridized carbons (Fsp3) is 0. The minimum atomic E-state index is -0.283. The Morgan fingerprint density at radius 3 is 2.84 bits per heavy atom. The minimum absolute atomic E-state index is 0.283. The van der Waals surface area contributed by atoms with Gasteiger partial charge < -0.3 is 4.98 Å². The number of aromatic nitrogens is 3. The van der Waals surface area contributed by atoms with E-state index in [2.05, 4.69) is 16.0 Å². The molecule has 0 aliphatic carbocycles. The molecule has 0 spiro atoms. The van der Waals surface area contributed by atoms with Crippen molar-refractivity contribution in [2.75, 3.05) is 0 Å². The average molecular weight is 271 g/mol. The van der Waals surface area contributed by atoms with Crippen molar-refractivity contribution in [2.45, 2.75) is 0 Å². The van der Waals surface area contributed by atoms with Crippen molar-refractivity contribution in [1.29, 1.82) is 5.26 Å². The largest absolute Gasteiger partial charge is 0.331 e.